The molecule has 15 heavy (non-hydrogen) atoms. The molecule has 0 heterocycles. The summed E-state index contributed by atoms with van der Waals surface area (Å²) in [6.07, 6.45) is 3.03. The van der Waals surface area contributed by atoms with Gasteiger partial charge in [-0.15, -0.1) is 0 Å². The number of aryl methyl sites for hydroxylation is 1. The van der Waals surface area contributed by atoms with Crippen molar-refractivity contribution in [2.75, 3.05) is 0 Å². The molecule has 3 nitrogen and oxygen atoms in total. The number of rotatable bonds is 2. The molecule has 1 aromatic rings. The molecule has 1 atom stereocenters. The first kappa shape index (κ1) is 10.2. The van der Waals surface area contributed by atoms with E-state index in [0.29, 0.717) is 0 Å². The number of hydrogen-bond acceptors (Lipinski definition) is 2. The first-order chi connectivity index (χ1) is 7.15. The Hall–Kier alpha value is -1.35. The number of carboxylic acids is 1. The highest BCUT2D eigenvalue weighted by Gasteiger charge is 2.15. The Morgan fingerprint density at radius 3 is 3.00 bits per heavy atom. The number of nitrogens with two attached hydrogens (primary N) is 1. The Balaban J connectivity index is 2.24. The van der Waals surface area contributed by atoms with Crippen molar-refractivity contribution < 1.29 is 9.90 Å². The number of carbonyl (C=O) groups is 1. The molecule has 1 aromatic carbocycles. The summed E-state index contributed by atoms with van der Waals surface area (Å²) in [5.74, 6) is -0.782. The molecule has 0 aromatic heterocycles. The maximum absolute atomic E-state index is 10.6. The Kier molecular flexibility index (Phi) is 2.73. The maximum atomic E-state index is 10.6. The maximum Gasteiger partial charge on any atom is 0.307 e. The average molecular weight is 205 g/mol. The zero-order chi connectivity index (χ0) is 10.8. The Bertz CT molecular complexity index is 387. The molecule has 0 spiro atoms. The number of fused-ring (bicyclic) bond motifs is 1. The molecule has 1 aliphatic rings. The SMILES string of the molecule is NC1CCc2ccc(CC(=O)O)cc2C1. The third-order valence-corrected chi connectivity index (χ3v) is 2.89. The van der Waals surface area contributed by atoms with E-state index >= 15 is 0 Å². The van der Waals surface area contributed by atoms with Gasteiger partial charge in [-0.1, -0.05) is 18.2 Å². The van der Waals surface area contributed by atoms with Crippen LogP contribution in [0.25, 0.3) is 0 Å². The first-order valence-corrected chi connectivity index (χ1v) is 5.23. The van der Waals surface area contributed by atoms with Crippen LogP contribution in [0.4, 0.5) is 0 Å². The Morgan fingerprint density at radius 1 is 1.47 bits per heavy atom. The van der Waals surface area contributed by atoms with Gasteiger partial charge >= 0.3 is 5.97 Å². The summed E-state index contributed by atoms with van der Waals surface area (Å²) in [6, 6.07) is 6.17. The van der Waals surface area contributed by atoms with Gasteiger partial charge in [0.25, 0.3) is 0 Å². The van der Waals surface area contributed by atoms with Crippen molar-refractivity contribution in [2.24, 2.45) is 5.73 Å². The molecule has 3 N–H and O–H groups in total. The summed E-state index contributed by atoms with van der Waals surface area (Å²) >= 11 is 0. The van der Waals surface area contributed by atoms with E-state index in [9.17, 15) is 4.79 Å². The molecule has 0 saturated carbocycles. The monoisotopic (exact) mass is 205 g/mol. The van der Waals surface area contributed by atoms with Crippen LogP contribution in [0.15, 0.2) is 18.2 Å². The molecule has 80 valence electrons. The normalized spacial score (nSPS) is 19.7. The van der Waals surface area contributed by atoms with E-state index in [4.69, 9.17) is 10.8 Å². The second kappa shape index (κ2) is 4.03. The lowest BCUT2D eigenvalue weighted by atomic mass is 9.87. The summed E-state index contributed by atoms with van der Waals surface area (Å²) in [7, 11) is 0. The van der Waals surface area contributed by atoms with Gasteiger partial charge in [0.05, 0.1) is 6.42 Å². The van der Waals surface area contributed by atoms with Crippen molar-refractivity contribution in [3.05, 3.63) is 34.9 Å². The van der Waals surface area contributed by atoms with Crippen molar-refractivity contribution in [1.29, 1.82) is 0 Å². The number of benzene rings is 1. The van der Waals surface area contributed by atoms with Gasteiger partial charge in [0.2, 0.25) is 0 Å². The van der Waals surface area contributed by atoms with Crippen molar-refractivity contribution >= 4 is 5.97 Å². The lowest BCUT2D eigenvalue weighted by molar-refractivity contribution is -0.136. The number of hydrogen-bond donors (Lipinski definition) is 2. The van der Waals surface area contributed by atoms with Gasteiger partial charge in [0.1, 0.15) is 0 Å². The zero-order valence-electron chi connectivity index (χ0n) is 8.57. The fourth-order valence-corrected chi connectivity index (χ4v) is 2.12. The summed E-state index contributed by atoms with van der Waals surface area (Å²) in [5.41, 5.74) is 9.31. The van der Waals surface area contributed by atoms with Gasteiger partial charge in [-0.3, -0.25) is 4.79 Å². The molecule has 2 rings (SSSR count). The van der Waals surface area contributed by atoms with Crippen LogP contribution < -0.4 is 5.73 Å². The quantitative estimate of drug-likeness (QED) is 0.760. The zero-order valence-corrected chi connectivity index (χ0v) is 8.57. The Morgan fingerprint density at radius 2 is 2.27 bits per heavy atom. The average Bonchev–Trinajstić information content (AvgIpc) is 2.16. The molecule has 0 fully saturated rings. The summed E-state index contributed by atoms with van der Waals surface area (Å²) < 4.78 is 0. The molecule has 0 amide bonds. The lowest BCUT2D eigenvalue weighted by Gasteiger charge is -2.21. The van der Waals surface area contributed by atoms with E-state index in [-0.39, 0.29) is 12.5 Å². The van der Waals surface area contributed by atoms with Gasteiger partial charge in [-0.05, 0) is 36.0 Å². The van der Waals surface area contributed by atoms with Crippen LogP contribution in [0.5, 0.6) is 0 Å². The van der Waals surface area contributed by atoms with Crippen molar-refractivity contribution in [3.8, 4) is 0 Å². The van der Waals surface area contributed by atoms with Crippen LogP contribution in [-0.2, 0) is 24.1 Å². The minimum atomic E-state index is -0.782. The van der Waals surface area contributed by atoms with Gasteiger partial charge in [0, 0.05) is 6.04 Å². The van der Waals surface area contributed by atoms with Crippen LogP contribution >= 0.6 is 0 Å². The van der Waals surface area contributed by atoms with Crippen LogP contribution in [0.2, 0.25) is 0 Å². The number of aliphatic carboxylic acids is 1. The standard InChI is InChI=1S/C12H15NO2/c13-11-4-3-9-2-1-8(6-12(14)15)5-10(9)7-11/h1-2,5,11H,3-4,6-7,13H2,(H,14,15). The largest absolute Gasteiger partial charge is 0.481 e. The van der Waals surface area contributed by atoms with Crippen LogP contribution in [0, 0.1) is 0 Å². The fraction of sp³-hybridized carbons (Fsp3) is 0.417. The second-order valence-corrected chi connectivity index (χ2v) is 4.18. The lowest BCUT2D eigenvalue weighted by Crippen LogP contribution is -2.27. The van der Waals surface area contributed by atoms with E-state index in [2.05, 4.69) is 0 Å². The van der Waals surface area contributed by atoms with Gasteiger partial charge < -0.3 is 10.8 Å². The van der Waals surface area contributed by atoms with Gasteiger partial charge in [-0.2, -0.15) is 0 Å². The highest BCUT2D eigenvalue weighted by Crippen LogP contribution is 2.21. The second-order valence-electron chi connectivity index (χ2n) is 4.18. The van der Waals surface area contributed by atoms with E-state index in [0.717, 1.165) is 24.8 Å². The highest BCUT2D eigenvalue weighted by molar-refractivity contribution is 5.70. The molecule has 0 radical (unpaired) electrons. The predicted octanol–water partition coefficient (Wildman–Crippen LogP) is 1.13. The van der Waals surface area contributed by atoms with E-state index in [1.54, 1.807) is 0 Å². The topological polar surface area (TPSA) is 63.3 Å². The smallest absolute Gasteiger partial charge is 0.307 e. The molecule has 1 aliphatic carbocycles. The van der Waals surface area contributed by atoms with Gasteiger partial charge in [0.15, 0.2) is 0 Å². The van der Waals surface area contributed by atoms with Crippen molar-refractivity contribution in [2.45, 2.75) is 31.7 Å². The molecular weight excluding hydrogens is 190 g/mol. The minimum absolute atomic E-state index is 0.0997. The molecule has 0 aliphatic heterocycles. The van der Waals surface area contributed by atoms with Crippen LogP contribution in [0.1, 0.15) is 23.1 Å². The highest BCUT2D eigenvalue weighted by atomic mass is 16.4. The van der Waals surface area contributed by atoms with Crippen molar-refractivity contribution in [3.63, 3.8) is 0 Å². The molecular formula is C12H15NO2. The first-order valence-electron chi connectivity index (χ1n) is 5.23. The molecule has 3 heteroatoms. The van der Waals surface area contributed by atoms with E-state index < -0.39 is 5.97 Å². The number of carboxylic acid groups (broad SMARTS) is 1. The summed E-state index contributed by atoms with van der Waals surface area (Å²) in [5, 5.41) is 8.70. The summed E-state index contributed by atoms with van der Waals surface area (Å²) in [6.45, 7) is 0. The van der Waals surface area contributed by atoms with E-state index in [1.165, 1.54) is 11.1 Å². The van der Waals surface area contributed by atoms with Crippen LogP contribution in [0.3, 0.4) is 0 Å². The molecule has 0 bridgehead atoms. The molecule has 1 unspecified atom stereocenters. The van der Waals surface area contributed by atoms with Crippen molar-refractivity contribution in [1.82, 2.24) is 0 Å². The van der Waals surface area contributed by atoms with Crippen LogP contribution in [-0.4, -0.2) is 17.1 Å². The predicted molar refractivity (Wildman–Crippen MR) is 57.8 cm³/mol. The molecule has 0 saturated heterocycles. The van der Waals surface area contributed by atoms with E-state index in [1.807, 2.05) is 18.2 Å². The fourth-order valence-electron chi connectivity index (χ4n) is 2.12. The summed E-state index contributed by atoms with van der Waals surface area (Å²) in [4.78, 5) is 10.6. The third kappa shape index (κ3) is 2.36. The van der Waals surface area contributed by atoms with Gasteiger partial charge in [-0.25, -0.2) is 0 Å². The third-order valence-electron chi connectivity index (χ3n) is 2.89. The minimum Gasteiger partial charge on any atom is -0.481 e. The Labute approximate surface area is 88.9 Å².